The number of hydrogen-bond donors (Lipinski definition) is 1. The van der Waals surface area contributed by atoms with Crippen molar-refractivity contribution < 1.29 is 9.47 Å². The lowest BCUT2D eigenvalue weighted by molar-refractivity contribution is 0.171. The van der Waals surface area contributed by atoms with Crippen molar-refractivity contribution in [3.63, 3.8) is 0 Å². The summed E-state index contributed by atoms with van der Waals surface area (Å²) in [5.41, 5.74) is 4.28. The molecule has 4 rings (SSSR count). The predicted molar refractivity (Wildman–Crippen MR) is 97.2 cm³/mol. The zero-order valence-corrected chi connectivity index (χ0v) is 14.9. The van der Waals surface area contributed by atoms with Gasteiger partial charge in [0.25, 0.3) is 0 Å². The summed E-state index contributed by atoms with van der Waals surface area (Å²) >= 11 is 0. The quantitative estimate of drug-likeness (QED) is 0.792. The maximum atomic E-state index is 5.72. The number of nitrogens with one attached hydrogen (secondary N) is 1. The Balaban J connectivity index is 1.57. The highest BCUT2D eigenvalue weighted by atomic mass is 16.6. The van der Waals surface area contributed by atoms with Gasteiger partial charge < -0.3 is 19.2 Å². The third-order valence-corrected chi connectivity index (χ3v) is 4.77. The molecule has 0 saturated carbocycles. The van der Waals surface area contributed by atoms with Gasteiger partial charge in [-0.3, -0.25) is 0 Å². The fourth-order valence-corrected chi connectivity index (χ4v) is 3.25. The molecule has 3 heterocycles. The van der Waals surface area contributed by atoms with Crippen molar-refractivity contribution in [1.82, 2.24) is 14.7 Å². The molecule has 5 nitrogen and oxygen atoms in total. The minimum atomic E-state index is -0.206. The van der Waals surface area contributed by atoms with Crippen molar-refractivity contribution in [2.75, 3.05) is 13.2 Å². The summed E-state index contributed by atoms with van der Waals surface area (Å²) in [5, 5.41) is 3.65. The monoisotopic (exact) mass is 337 g/mol. The van der Waals surface area contributed by atoms with Gasteiger partial charge in [0.05, 0.1) is 11.9 Å². The topological polar surface area (TPSA) is 47.8 Å². The van der Waals surface area contributed by atoms with Crippen LogP contribution in [0, 0.1) is 6.92 Å². The van der Waals surface area contributed by atoms with Gasteiger partial charge in [0.15, 0.2) is 11.5 Å². The number of ether oxygens (including phenoxy) is 2. The lowest BCUT2D eigenvalue weighted by Crippen LogP contribution is -2.36. The van der Waals surface area contributed by atoms with Gasteiger partial charge in [0, 0.05) is 17.8 Å². The molecule has 1 aliphatic rings. The van der Waals surface area contributed by atoms with Crippen molar-refractivity contribution in [2.45, 2.75) is 32.9 Å². The Bertz CT molecular complexity index is 914. The first-order chi connectivity index (χ1) is 12.0. The van der Waals surface area contributed by atoms with Gasteiger partial charge in [0.2, 0.25) is 0 Å². The SMILES string of the molecule is Cc1cccc2ncc(CNC(C)(C)c3ccc4c(c3)OCCO4)n12. The van der Waals surface area contributed by atoms with Gasteiger partial charge in [-0.25, -0.2) is 4.98 Å². The van der Waals surface area contributed by atoms with Gasteiger partial charge in [-0.05, 0) is 50.6 Å². The molecule has 0 bridgehead atoms. The van der Waals surface area contributed by atoms with Gasteiger partial charge >= 0.3 is 0 Å². The van der Waals surface area contributed by atoms with E-state index in [4.69, 9.17) is 9.47 Å². The minimum Gasteiger partial charge on any atom is -0.486 e. The molecule has 1 aromatic carbocycles. The van der Waals surface area contributed by atoms with Crippen molar-refractivity contribution in [3.8, 4) is 11.5 Å². The Labute approximate surface area is 147 Å². The Kier molecular flexibility index (Phi) is 3.88. The molecule has 0 aliphatic carbocycles. The second-order valence-corrected chi connectivity index (χ2v) is 6.95. The molecule has 3 aromatic rings. The largest absolute Gasteiger partial charge is 0.486 e. The van der Waals surface area contributed by atoms with E-state index < -0.39 is 0 Å². The normalized spacial score (nSPS) is 14.0. The lowest BCUT2D eigenvalue weighted by Gasteiger charge is -2.29. The summed E-state index contributed by atoms with van der Waals surface area (Å²) in [5.74, 6) is 1.65. The molecule has 0 fully saturated rings. The number of aromatic nitrogens is 2. The van der Waals surface area contributed by atoms with Crippen LogP contribution in [0.3, 0.4) is 0 Å². The predicted octanol–water partition coefficient (Wildman–Crippen LogP) is 3.44. The van der Waals surface area contributed by atoms with Crippen molar-refractivity contribution >= 4 is 5.65 Å². The van der Waals surface area contributed by atoms with E-state index in [-0.39, 0.29) is 5.54 Å². The standard InChI is InChI=1S/C20H23N3O2/c1-14-5-4-6-19-21-12-16(23(14)19)13-22-20(2,3)15-7-8-17-18(11-15)25-10-9-24-17/h4-8,11-12,22H,9-10,13H2,1-3H3. The zero-order valence-electron chi connectivity index (χ0n) is 14.9. The van der Waals surface area contributed by atoms with E-state index in [1.807, 2.05) is 24.4 Å². The molecule has 1 aliphatic heterocycles. The molecule has 25 heavy (non-hydrogen) atoms. The summed E-state index contributed by atoms with van der Waals surface area (Å²) in [6, 6.07) is 12.3. The smallest absolute Gasteiger partial charge is 0.161 e. The van der Waals surface area contributed by atoms with Crippen LogP contribution >= 0.6 is 0 Å². The highest BCUT2D eigenvalue weighted by molar-refractivity contribution is 5.46. The molecule has 0 radical (unpaired) electrons. The molecule has 130 valence electrons. The summed E-state index contributed by atoms with van der Waals surface area (Å²) in [4.78, 5) is 4.50. The first-order valence-electron chi connectivity index (χ1n) is 8.62. The maximum absolute atomic E-state index is 5.72. The fraction of sp³-hybridized carbons (Fsp3) is 0.350. The average Bonchev–Trinajstić information content (AvgIpc) is 3.04. The minimum absolute atomic E-state index is 0.206. The van der Waals surface area contributed by atoms with E-state index in [2.05, 4.69) is 53.7 Å². The third kappa shape index (κ3) is 2.96. The van der Waals surface area contributed by atoms with Crippen molar-refractivity contribution in [1.29, 1.82) is 0 Å². The lowest BCUT2D eigenvalue weighted by atomic mass is 9.93. The highest BCUT2D eigenvalue weighted by Gasteiger charge is 2.23. The van der Waals surface area contributed by atoms with Crippen LogP contribution in [0.15, 0.2) is 42.6 Å². The van der Waals surface area contributed by atoms with E-state index in [1.54, 1.807) is 0 Å². The van der Waals surface area contributed by atoms with E-state index in [0.717, 1.165) is 29.4 Å². The molecular weight excluding hydrogens is 314 g/mol. The number of hydrogen-bond acceptors (Lipinski definition) is 4. The van der Waals surface area contributed by atoms with Crippen LogP contribution in [0.5, 0.6) is 11.5 Å². The molecule has 0 spiro atoms. The number of fused-ring (bicyclic) bond motifs is 2. The van der Waals surface area contributed by atoms with Crippen molar-refractivity contribution in [2.24, 2.45) is 0 Å². The summed E-state index contributed by atoms with van der Waals surface area (Å²) in [6.45, 7) is 8.40. The van der Waals surface area contributed by atoms with E-state index in [0.29, 0.717) is 13.2 Å². The third-order valence-electron chi connectivity index (χ3n) is 4.77. The zero-order chi connectivity index (χ0) is 17.4. The summed E-state index contributed by atoms with van der Waals surface area (Å²) in [7, 11) is 0. The second-order valence-electron chi connectivity index (χ2n) is 6.95. The number of benzene rings is 1. The van der Waals surface area contributed by atoms with Crippen LogP contribution in [0.2, 0.25) is 0 Å². The molecule has 0 unspecified atom stereocenters. The Morgan fingerprint density at radius 1 is 1.12 bits per heavy atom. The van der Waals surface area contributed by atoms with Crippen LogP contribution in [0.1, 0.15) is 30.8 Å². The van der Waals surface area contributed by atoms with Gasteiger partial charge in [0.1, 0.15) is 18.9 Å². The molecule has 0 amide bonds. The van der Waals surface area contributed by atoms with E-state index in [9.17, 15) is 0 Å². The van der Waals surface area contributed by atoms with Gasteiger partial charge in [-0.15, -0.1) is 0 Å². The first kappa shape index (κ1) is 16.0. The van der Waals surface area contributed by atoms with Gasteiger partial charge in [-0.2, -0.15) is 0 Å². The molecule has 2 aromatic heterocycles. The molecule has 0 saturated heterocycles. The molecular formula is C20H23N3O2. The van der Waals surface area contributed by atoms with Crippen LogP contribution < -0.4 is 14.8 Å². The molecule has 0 atom stereocenters. The summed E-state index contributed by atoms with van der Waals surface area (Å²) < 4.78 is 13.5. The van der Waals surface area contributed by atoms with E-state index in [1.165, 1.54) is 11.3 Å². The second kappa shape index (κ2) is 6.08. The molecule has 5 heteroatoms. The molecule has 1 N–H and O–H groups in total. The van der Waals surface area contributed by atoms with Crippen LogP contribution in [-0.2, 0) is 12.1 Å². The fourth-order valence-electron chi connectivity index (χ4n) is 3.25. The van der Waals surface area contributed by atoms with E-state index >= 15 is 0 Å². The first-order valence-corrected chi connectivity index (χ1v) is 8.62. The van der Waals surface area contributed by atoms with Crippen LogP contribution in [0.4, 0.5) is 0 Å². The Morgan fingerprint density at radius 3 is 2.76 bits per heavy atom. The van der Waals surface area contributed by atoms with Crippen LogP contribution in [-0.4, -0.2) is 22.6 Å². The number of imidazole rings is 1. The highest BCUT2D eigenvalue weighted by Crippen LogP contribution is 2.34. The number of aryl methyl sites for hydroxylation is 1. The number of nitrogens with zero attached hydrogens (tertiary/aromatic N) is 2. The number of rotatable bonds is 4. The maximum Gasteiger partial charge on any atom is 0.161 e. The average molecular weight is 337 g/mol. The summed E-state index contributed by atoms with van der Waals surface area (Å²) in [6.07, 6.45) is 1.94. The Hall–Kier alpha value is -2.53. The van der Waals surface area contributed by atoms with Crippen LogP contribution in [0.25, 0.3) is 5.65 Å². The Morgan fingerprint density at radius 2 is 1.92 bits per heavy atom. The van der Waals surface area contributed by atoms with Gasteiger partial charge in [-0.1, -0.05) is 12.1 Å². The van der Waals surface area contributed by atoms with Crippen molar-refractivity contribution in [3.05, 3.63) is 59.5 Å². The number of pyridine rings is 1.